The Balaban J connectivity index is 1.21. The largest absolute Gasteiger partial charge is 0.459 e. The number of aryl methyl sites for hydroxylation is 1. The molecule has 3 aromatic rings. The maximum atomic E-state index is 12.7. The minimum Gasteiger partial charge on any atom is -0.459 e. The number of furan rings is 1. The average Bonchev–Trinajstić information content (AvgIpc) is 3.40. The number of nitrogens with zero attached hydrogens (tertiary/aromatic N) is 1. The molecule has 33 heavy (non-hydrogen) atoms. The van der Waals surface area contributed by atoms with Crippen LogP contribution < -0.4 is 10.6 Å². The lowest BCUT2D eigenvalue weighted by atomic mass is 9.95. The van der Waals surface area contributed by atoms with Crippen molar-refractivity contribution in [2.24, 2.45) is 5.92 Å². The standard InChI is InChI=1S/C26H27N3O4/c30-24(13-8-19-5-2-1-3-6-19)29-16-14-20(15-17-29)25(31)27-21-9-11-22(12-10-21)28-26(32)23-7-4-18-33-23/h1-7,9-12,18,20H,8,13-17H2,(H,27,31)(H,28,32). The van der Waals surface area contributed by atoms with Crippen molar-refractivity contribution in [2.75, 3.05) is 23.7 Å². The number of carbonyl (C=O) groups excluding carboxylic acids is 3. The lowest BCUT2D eigenvalue weighted by Crippen LogP contribution is -2.41. The average molecular weight is 446 g/mol. The van der Waals surface area contributed by atoms with Crippen LogP contribution in [0, 0.1) is 5.92 Å². The van der Waals surface area contributed by atoms with Crippen LogP contribution in [0.2, 0.25) is 0 Å². The predicted molar refractivity (Wildman–Crippen MR) is 126 cm³/mol. The molecule has 3 amide bonds. The summed E-state index contributed by atoms with van der Waals surface area (Å²) in [5.41, 5.74) is 2.43. The molecule has 1 fully saturated rings. The Bertz CT molecular complexity index is 1070. The Hall–Kier alpha value is -3.87. The zero-order chi connectivity index (χ0) is 23.0. The van der Waals surface area contributed by atoms with Crippen LogP contribution in [0.4, 0.5) is 11.4 Å². The molecule has 0 aliphatic carbocycles. The van der Waals surface area contributed by atoms with Crippen LogP contribution in [0.3, 0.4) is 0 Å². The third-order valence-corrected chi connectivity index (χ3v) is 5.84. The second kappa shape index (κ2) is 10.6. The number of carbonyl (C=O) groups is 3. The Kier molecular flexibility index (Phi) is 7.19. The van der Waals surface area contributed by atoms with Crippen molar-refractivity contribution >= 4 is 29.1 Å². The lowest BCUT2D eigenvalue weighted by molar-refractivity contribution is -0.134. The van der Waals surface area contributed by atoms with Gasteiger partial charge in [-0.1, -0.05) is 30.3 Å². The second-order valence-corrected chi connectivity index (χ2v) is 8.14. The first-order valence-corrected chi connectivity index (χ1v) is 11.2. The summed E-state index contributed by atoms with van der Waals surface area (Å²) in [5.74, 6) is -0.121. The van der Waals surface area contributed by atoms with Gasteiger partial charge in [0, 0.05) is 36.8 Å². The number of piperidine rings is 1. The Morgan fingerprint density at radius 1 is 0.848 bits per heavy atom. The Morgan fingerprint density at radius 3 is 2.15 bits per heavy atom. The van der Waals surface area contributed by atoms with Crippen molar-refractivity contribution in [3.8, 4) is 0 Å². The molecular weight excluding hydrogens is 418 g/mol. The monoisotopic (exact) mass is 445 g/mol. The van der Waals surface area contributed by atoms with Crippen LogP contribution in [0.25, 0.3) is 0 Å². The van der Waals surface area contributed by atoms with Gasteiger partial charge in [-0.3, -0.25) is 14.4 Å². The number of benzene rings is 2. The van der Waals surface area contributed by atoms with E-state index in [1.807, 2.05) is 35.2 Å². The predicted octanol–water partition coefficient (Wildman–Crippen LogP) is 4.34. The normalized spacial score (nSPS) is 14.0. The van der Waals surface area contributed by atoms with Crippen LogP contribution in [0.5, 0.6) is 0 Å². The summed E-state index contributed by atoms with van der Waals surface area (Å²) < 4.78 is 5.07. The van der Waals surface area contributed by atoms with E-state index in [-0.39, 0.29) is 29.4 Å². The van der Waals surface area contributed by atoms with E-state index in [1.165, 1.54) is 6.26 Å². The number of hydrogen-bond donors (Lipinski definition) is 2. The topological polar surface area (TPSA) is 91.7 Å². The first kappa shape index (κ1) is 22.3. The smallest absolute Gasteiger partial charge is 0.291 e. The van der Waals surface area contributed by atoms with E-state index < -0.39 is 0 Å². The highest BCUT2D eigenvalue weighted by atomic mass is 16.3. The van der Waals surface area contributed by atoms with Gasteiger partial charge in [-0.25, -0.2) is 0 Å². The number of hydrogen-bond acceptors (Lipinski definition) is 4. The van der Waals surface area contributed by atoms with E-state index in [0.29, 0.717) is 43.7 Å². The number of rotatable bonds is 7. The minimum absolute atomic E-state index is 0.0428. The van der Waals surface area contributed by atoms with Gasteiger partial charge >= 0.3 is 0 Å². The molecule has 0 atom stereocenters. The molecule has 1 saturated heterocycles. The van der Waals surface area contributed by atoms with E-state index >= 15 is 0 Å². The van der Waals surface area contributed by atoms with E-state index in [4.69, 9.17) is 4.42 Å². The SMILES string of the molecule is O=C(Nc1ccc(NC(=O)C2CCN(C(=O)CCc3ccccc3)CC2)cc1)c1ccco1. The fraction of sp³-hybridized carbons (Fsp3) is 0.269. The molecule has 0 unspecified atom stereocenters. The Labute approximate surface area is 192 Å². The number of likely N-dealkylation sites (tertiary alicyclic amines) is 1. The van der Waals surface area contributed by atoms with Gasteiger partial charge in [-0.05, 0) is 61.2 Å². The molecule has 1 aromatic heterocycles. The molecule has 7 nitrogen and oxygen atoms in total. The molecule has 0 bridgehead atoms. The fourth-order valence-corrected chi connectivity index (χ4v) is 3.93. The zero-order valence-corrected chi connectivity index (χ0v) is 18.3. The van der Waals surface area contributed by atoms with Crippen LogP contribution >= 0.6 is 0 Å². The highest BCUT2D eigenvalue weighted by molar-refractivity contribution is 6.02. The molecular formula is C26H27N3O4. The van der Waals surface area contributed by atoms with Gasteiger partial charge in [0.1, 0.15) is 0 Å². The molecule has 170 valence electrons. The van der Waals surface area contributed by atoms with Gasteiger partial charge in [0.2, 0.25) is 11.8 Å². The van der Waals surface area contributed by atoms with Gasteiger partial charge in [0.05, 0.1) is 6.26 Å². The highest BCUT2D eigenvalue weighted by Gasteiger charge is 2.27. The van der Waals surface area contributed by atoms with E-state index in [0.717, 1.165) is 12.0 Å². The van der Waals surface area contributed by atoms with Crippen molar-refractivity contribution in [2.45, 2.75) is 25.7 Å². The molecule has 1 aliphatic heterocycles. The van der Waals surface area contributed by atoms with E-state index in [9.17, 15) is 14.4 Å². The summed E-state index contributed by atoms with van der Waals surface area (Å²) in [6.45, 7) is 1.20. The summed E-state index contributed by atoms with van der Waals surface area (Å²) in [6.07, 6.45) is 3.97. The molecule has 4 rings (SSSR count). The third-order valence-electron chi connectivity index (χ3n) is 5.84. The van der Waals surface area contributed by atoms with Gasteiger partial charge in [-0.15, -0.1) is 0 Å². The number of amides is 3. The maximum absolute atomic E-state index is 12.7. The summed E-state index contributed by atoms with van der Waals surface area (Å²) in [7, 11) is 0. The summed E-state index contributed by atoms with van der Waals surface area (Å²) in [5, 5.41) is 5.68. The van der Waals surface area contributed by atoms with Crippen molar-refractivity contribution < 1.29 is 18.8 Å². The van der Waals surface area contributed by atoms with Gasteiger partial charge < -0.3 is 20.0 Å². The number of nitrogens with one attached hydrogen (secondary N) is 2. The highest BCUT2D eigenvalue weighted by Crippen LogP contribution is 2.21. The lowest BCUT2D eigenvalue weighted by Gasteiger charge is -2.31. The molecule has 0 spiro atoms. The third kappa shape index (κ3) is 6.10. The van der Waals surface area contributed by atoms with Crippen molar-refractivity contribution in [1.29, 1.82) is 0 Å². The van der Waals surface area contributed by atoms with Gasteiger partial charge in [0.25, 0.3) is 5.91 Å². The fourth-order valence-electron chi connectivity index (χ4n) is 3.93. The number of anilines is 2. The van der Waals surface area contributed by atoms with E-state index in [1.54, 1.807) is 36.4 Å². The molecule has 2 N–H and O–H groups in total. The minimum atomic E-state index is -0.332. The first-order valence-electron chi connectivity index (χ1n) is 11.2. The van der Waals surface area contributed by atoms with Crippen LogP contribution in [0.1, 0.15) is 35.4 Å². The quantitative estimate of drug-likeness (QED) is 0.566. The molecule has 2 aromatic carbocycles. The zero-order valence-electron chi connectivity index (χ0n) is 18.3. The van der Waals surface area contributed by atoms with Crippen molar-refractivity contribution in [3.63, 3.8) is 0 Å². The molecule has 1 aliphatic rings. The Morgan fingerprint density at radius 2 is 1.52 bits per heavy atom. The van der Waals surface area contributed by atoms with E-state index in [2.05, 4.69) is 10.6 Å². The summed E-state index contributed by atoms with van der Waals surface area (Å²) in [4.78, 5) is 39.1. The van der Waals surface area contributed by atoms with Gasteiger partial charge in [0.15, 0.2) is 5.76 Å². The molecule has 0 saturated carbocycles. The van der Waals surface area contributed by atoms with Crippen molar-refractivity contribution in [1.82, 2.24) is 4.90 Å². The summed E-state index contributed by atoms with van der Waals surface area (Å²) in [6, 6.07) is 20.2. The van der Waals surface area contributed by atoms with Gasteiger partial charge in [-0.2, -0.15) is 0 Å². The maximum Gasteiger partial charge on any atom is 0.291 e. The van der Waals surface area contributed by atoms with Crippen LogP contribution in [-0.4, -0.2) is 35.7 Å². The molecule has 2 heterocycles. The van der Waals surface area contributed by atoms with Crippen molar-refractivity contribution in [3.05, 3.63) is 84.3 Å². The first-order chi connectivity index (χ1) is 16.1. The molecule has 0 radical (unpaired) electrons. The summed E-state index contributed by atoms with van der Waals surface area (Å²) >= 11 is 0. The molecule has 7 heteroatoms. The van der Waals surface area contributed by atoms with Crippen LogP contribution in [-0.2, 0) is 16.0 Å². The second-order valence-electron chi connectivity index (χ2n) is 8.14. The van der Waals surface area contributed by atoms with Crippen LogP contribution in [0.15, 0.2) is 77.4 Å².